The Hall–Kier alpha value is -1.14. The van der Waals surface area contributed by atoms with Gasteiger partial charge in [-0.1, -0.05) is 26.7 Å². The fourth-order valence-electron chi connectivity index (χ4n) is 5.91. The van der Waals surface area contributed by atoms with E-state index in [0.29, 0.717) is 32.1 Å². The van der Waals surface area contributed by atoms with E-state index in [-0.39, 0.29) is 18.8 Å². The molecular weight excluding hydrogens is 512 g/mol. The lowest BCUT2D eigenvalue weighted by molar-refractivity contribution is -0.608. The molecule has 0 aliphatic heterocycles. The molecule has 2 fully saturated rings. The molecule has 222 valence electrons. The Balaban J connectivity index is 2.47. The molecule has 0 saturated heterocycles. The van der Waals surface area contributed by atoms with E-state index >= 15 is 0 Å². The van der Waals surface area contributed by atoms with Gasteiger partial charge in [0, 0.05) is 24.2 Å². The SMILES string of the molecule is CC(=O)CC(C)(OO)OOC(C)(OO)C(C(C)=O)C1(C)CCCCC1(OO)OOC1(OO)CCCCC1C. The Morgan fingerprint density at radius 3 is 2.03 bits per heavy atom. The van der Waals surface area contributed by atoms with Crippen LogP contribution >= 0.6 is 0 Å². The lowest BCUT2D eigenvalue weighted by Gasteiger charge is -2.54. The van der Waals surface area contributed by atoms with Gasteiger partial charge in [-0.15, -0.1) is 0 Å². The third-order valence-electron chi connectivity index (χ3n) is 8.00. The molecule has 38 heavy (non-hydrogen) atoms. The van der Waals surface area contributed by atoms with Gasteiger partial charge in [0.1, 0.15) is 11.6 Å². The van der Waals surface area contributed by atoms with Gasteiger partial charge in [-0.2, -0.15) is 19.6 Å². The van der Waals surface area contributed by atoms with Crippen LogP contribution in [0.1, 0.15) is 99.3 Å². The minimum absolute atomic E-state index is 0.0316. The largest absolute Gasteiger partial charge is 0.300 e. The Morgan fingerprint density at radius 1 is 0.895 bits per heavy atom. The number of rotatable bonds is 15. The predicted molar refractivity (Wildman–Crippen MR) is 125 cm³/mol. The number of carbonyl (C=O) groups is 2. The number of ketones is 2. The number of hydrogen-bond acceptors (Lipinski definition) is 14. The van der Waals surface area contributed by atoms with Crippen molar-refractivity contribution in [3.8, 4) is 0 Å². The molecule has 0 spiro atoms. The number of Topliss-reactive ketones (excluding diaryl/α,β-unsaturated/α-hetero) is 2. The molecular formula is C24H42O14. The molecule has 0 aromatic heterocycles. The summed E-state index contributed by atoms with van der Waals surface area (Å²) in [6.07, 6.45) is 3.37. The molecule has 4 N–H and O–H groups in total. The molecule has 0 radical (unpaired) electrons. The highest BCUT2D eigenvalue weighted by atomic mass is 17.3. The molecule has 2 aliphatic rings. The molecule has 0 heterocycles. The van der Waals surface area contributed by atoms with Gasteiger partial charge < -0.3 is 0 Å². The topological polar surface area (TPSA) is 189 Å². The highest BCUT2D eigenvalue weighted by Gasteiger charge is 2.66. The van der Waals surface area contributed by atoms with E-state index in [0.717, 1.165) is 6.42 Å². The Morgan fingerprint density at radius 2 is 1.53 bits per heavy atom. The average molecular weight is 555 g/mol. The van der Waals surface area contributed by atoms with Crippen molar-refractivity contribution in [3.63, 3.8) is 0 Å². The van der Waals surface area contributed by atoms with Crippen LogP contribution in [0.2, 0.25) is 0 Å². The summed E-state index contributed by atoms with van der Waals surface area (Å²) in [6.45, 7) is 8.15. The van der Waals surface area contributed by atoms with Crippen LogP contribution in [0, 0.1) is 17.3 Å². The first-order valence-electron chi connectivity index (χ1n) is 12.8. The van der Waals surface area contributed by atoms with Gasteiger partial charge in [0.25, 0.3) is 0 Å². The van der Waals surface area contributed by atoms with E-state index < -0.39 is 52.5 Å². The Kier molecular flexibility index (Phi) is 11.3. The molecule has 7 unspecified atom stereocenters. The van der Waals surface area contributed by atoms with Gasteiger partial charge >= 0.3 is 0 Å². The smallest absolute Gasteiger partial charge is 0.241 e. The van der Waals surface area contributed by atoms with Crippen molar-refractivity contribution in [1.29, 1.82) is 0 Å². The van der Waals surface area contributed by atoms with E-state index in [1.165, 1.54) is 27.7 Å². The fourth-order valence-corrected chi connectivity index (χ4v) is 5.91. The second-order valence-electron chi connectivity index (χ2n) is 11.1. The molecule has 0 bridgehead atoms. The van der Waals surface area contributed by atoms with Crippen molar-refractivity contribution in [3.05, 3.63) is 0 Å². The molecule has 7 atom stereocenters. The van der Waals surface area contributed by atoms with Crippen LogP contribution in [-0.2, 0) is 48.7 Å². The van der Waals surface area contributed by atoms with E-state index in [9.17, 15) is 30.6 Å². The van der Waals surface area contributed by atoms with Gasteiger partial charge in [-0.3, -0.25) is 9.59 Å². The first kappa shape index (κ1) is 33.1. The summed E-state index contributed by atoms with van der Waals surface area (Å²) in [6, 6.07) is 0. The van der Waals surface area contributed by atoms with Crippen molar-refractivity contribution in [2.75, 3.05) is 0 Å². The maximum absolute atomic E-state index is 13.1. The van der Waals surface area contributed by atoms with Crippen LogP contribution in [0.3, 0.4) is 0 Å². The Labute approximate surface area is 221 Å². The zero-order chi connectivity index (χ0) is 28.8. The third kappa shape index (κ3) is 6.59. The van der Waals surface area contributed by atoms with Crippen LogP contribution in [0.5, 0.6) is 0 Å². The fraction of sp³-hybridized carbons (Fsp3) is 0.917. The summed E-state index contributed by atoms with van der Waals surface area (Å²) in [4.78, 5) is 65.2. The quantitative estimate of drug-likeness (QED) is 0.124. The maximum atomic E-state index is 13.1. The van der Waals surface area contributed by atoms with E-state index in [1.54, 1.807) is 6.92 Å². The van der Waals surface area contributed by atoms with Crippen molar-refractivity contribution < 1.29 is 69.7 Å². The van der Waals surface area contributed by atoms with Crippen LogP contribution < -0.4 is 0 Å². The average Bonchev–Trinajstić information content (AvgIpc) is 2.87. The predicted octanol–water partition coefficient (Wildman–Crippen LogP) is 4.64. The monoisotopic (exact) mass is 554 g/mol. The molecule has 14 nitrogen and oxygen atoms in total. The van der Waals surface area contributed by atoms with Crippen LogP contribution in [-0.4, -0.2) is 55.7 Å². The second kappa shape index (κ2) is 13.0. The van der Waals surface area contributed by atoms with Gasteiger partial charge in [0.05, 0.1) is 12.3 Å². The summed E-state index contributed by atoms with van der Waals surface area (Å²) in [5, 5.41) is 39.1. The summed E-state index contributed by atoms with van der Waals surface area (Å²) in [5.74, 6) is -10.6. The lowest BCUT2D eigenvalue weighted by Crippen LogP contribution is -2.64. The molecule has 2 rings (SSSR count). The maximum Gasteiger partial charge on any atom is 0.241 e. The molecule has 0 amide bonds. The molecule has 0 aromatic rings. The summed E-state index contributed by atoms with van der Waals surface area (Å²) in [5.41, 5.74) is -1.52. The third-order valence-corrected chi connectivity index (χ3v) is 8.00. The molecule has 14 heteroatoms. The second-order valence-corrected chi connectivity index (χ2v) is 11.1. The van der Waals surface area contributed by atoms with E-state index in [4.69, 9.17) is 29.3 Å². The van der Waals surface area contributed by atoms with Gasteiger partial charge in [0.2, 0.25) is 23.1 Å². The Bertz CT molecular complexity index is 811. The first-order chi connectivity index (χ1) is 17.7. The van der Waals surface area contributed by atoms with Gasteiger partial charge in [-0.05, 0) is 53.4 Å². The van der Waals surface area contributed by atoms with Crippen LogP contribution in [0.25, 0.3) is 0 Å². The highest BCUT2D eigenvalue weighted by Crippen LogP contribution is 2.56. The van der Waals surface area contributed by atoms with Crippen molar-refractivity contribution in [1.82, 2.24) is 0 Å². The van der Waals surface area contributed by atoms with Crippen molar-refractivity contribution in [2.24, 2.45) is 17.3 Å². The van der Waals surface area contributed by atoms with E-state index in [1.807, 2.05) is 6.92 Å². The zero-order valence-electron chi connectivity index (χ0n) is 22.9. The normalized spacial score (nSPS) is 34.2. The highest BCUT2D eigenvalue weighted by molar-refractivity contribution is 5.80. The van der Waals surface area contributed by atoms with Crippen molar-refractivity contribution in [2.45, 2.75) is 122 Å². The minimum Gasteiger partial charge on any atom is -0.300 e. The van der Waals surface area contributed by atoms with Gasteiger partial charge in [0.15, 0.2) is 0 Å². The number of carbonyl (C=O) groups excluding carboxylic acids is 2. The summed E-state index contributed by atoms with van der Waals surface area (Å²) in [7, 11) is 0. The van der Waals surface area contributed by atoms with Crippen molar-refractivity contribution >= 4 is 11.6 Å². The van der Waals surface area contributed by atoms with E-state index in [2.05, 4.69) is 9.78 Å². The summed E-state index contributed by atoms with van der Waals surface area (Å²) < 4.78 is 0. The number of hydrogen-bond donors (Lipinski definition) is 4. The molecule has 2 aliphatic carbocycles. The van der Waals surface area contributed by atoms with Gasteiger partial charge in [-0.25, -0.2) is 40.6 Å². The minimum atomic E-state index is -2.30. The molecule has 2 saturated carbocycles. The first-order valence-corrected chi connectivity index (χ1v) is 12.8. The standard InChI is InChI=1S/C24H42O14/c1-16-11-7-8-13-23(16,33-29)37-38-24(34-30)14-10-9-12-20(24,4)19(18(3)26)22(6,32-28)36-35-21(5,31-27)15-17(2)25/h16,19,27-30H,7-15H2,1-6H3. The zero-order valence-corrected chi connectivity index (χ0v) is 22.9. The molecule has 0 aromatic carbocycles. The van der Waals surface area contributed by atoms with Crippen LogP contribution in [0.15, 0.2) is 0 Å². The van der Waals surface area contributed by atoms with Crippen LogP contribution in [0.4, 0.5) is 0 Å². The summed E-state index contributed by atoms with van der Waals surface area (Å²) >= 11 is 0. The lowest BCUT2D eigenvalue weighted by atomic mass is 9.59.